The van der Waals surface area contributed by atoms with E-state index in [9.17, 15) is 14.7 Å². The maximum absolute atomic E-state index is 12.7. The number of benzene rings is 2. The smallest absolute Gasteiger partial charge is 0.274 e. The van der Waals surface area contributed by atoms with E-state index < -0.39 is 12.6 Å². The topological polar surface area (TPSA) is 83.7 Å². The minimum absolute atomic E-state index is 0.106. The van der Waals surface area contributed by atoms with Gasteiger partial charge in [0.25, 0.3) is 5.56 Å². The second-order valence-corrected chi connectivity index (χ2v) is 6.37. The molecule has 0 spiro atoms. The largest absolute Gasteiger partial charge is 0.546 e. The molecule has 4 rings (SSSR count). The van der Waals surface area contributed by atoms with Crippen molar-refractivity contribution in [2.75, 3.05) is 6.61 Å². The van der Waals surface area contributed by atoms with Crippen molar-refractivity contribution in [1.29, 1.82) is 0 Å². The highest BCUT2D eigenvalue weighted by atomic mass is 32.1. The van der Waals surface area contributed by atoms with Crippen LogP contribution < -0.4 is 19.9 Å². The number of carboxylic acids is 1. The number of nitrogens with zero attached hydrogens (tertiary/aromatic N) is 2. The van der Waals surface area contributed by atoms with Gasteiger partial charge in [-0.25, -0.2) is 9.38 Å². The molecule has 4 aromatic rings. The standard InChI is InChI=1S/C18H12N2O4S/c21-16(22)10-24-12-7-5-11(6-8-12)9-15-17(23)20-14-4-2-1-3-13(14)19-18(20)25-15/h1-9H,10H2,(H,21,22)/p-1/b15-9-. The van der Waals surface area contributed by atoms with Crippen LogP contribution in [-0.2, 0) is 4.79 Å². The number of imidazole rings is 1. The lowest BCUT2D eigenvalue weighted by Crippen LogP contribution is -2.28. The number of thiazole rings is 1. The van der Waals surface area contributed by atoms with E-state index in [1.807, 2.05) is 24.3 Å². The molecule has 7 heteroatoms. The van der Waals surface area contributed by atoms with Crippen molar-refractivity contribution >= 4 is 39.4 Å². The Balaban J connectivity index is 1.73. The minimum atomic E-state index is -1.28. The Morgan fingerprint density at radius 2 is 1.96 bits per heavy atom. The second kappa shape index (κ2) is 6.03. The van der Waals surface area contributed by atoms with E-state index in [0.29, 0.717) is 15.2 Å². The third kappa shape index (κ3) is 2.85. The highest BCUT2D eigenvalue weighted by molar-refractivity contribution is 7.15. The van der Waals surface area contributed by atoms with Gasteiger partial charge in [-0.05, 0) is 35.9 Å². The third-order valence-corrected chi connectivity index (χ3v) is 4.65. The van der Waals surface area contributed by atoms with E-state index >= 15 is 0 Å². The molecule has 0 unspecified atom stereocenters. The van der Waals surface area contributed by atoms with Gasteiger partial charge in [0.05, 0.1) is 21.5 Å². The number of fused-ring (bicyclic) bond motifs is 3. The summed E-state index contributed by atoms with van der Waals surface area (Å²) in [7, 11) is 0. The van der Waals surface area contributed by atoms with Gasteiger partial charge in [-0.3, -0.25) is 4.79 Å². The van der Waals surface area contributed by atoms with Crippen LogP contribution in [0.5, 0.6) is 5.75 Å². The van der Waals surface area contributed by atoms with Crippen LogP contribution in [0.3, 0.4) is 0 Å². The zero-order valence-corrected chi connectivity index (χ0v) is 13.7. The van der Waals surface area contributed by atoms with E-state index in [4.69, 9.17) is 4.74 Å². The first kappa shape index (κ1) is 15.3. The molecule has 0 aliphatic heterocycles. The van der Waals surface area contributed by atoms with Crippen molar-refractivity contribution in [1.82, 2.24) is 9.38 Å². The zero-order valence-electron chi connectivity index (χ0n) is 12.8. The molecule has 0 fully saturated rings. The van der Waals surface area contributed by atoms with Crippen molar-refractivity contribution in [2.45, 2.75) is 0 Å². The number of hydrogen-bond donors (Lipinski definition) is 0. The highest BCUT2D eigenvalue weighted by Gasteiger charge is 2.10. The van der Waals surface area contributed by atoms with E-state index in [-0.39, 0.29) is 5.56 Å². The Labute approximate surface area is 145 Å². The van der Waals surface area contributed by atoms with Gasteiger partial charge in [-0.1, -0.05) is 35.6 Å². The summed E-state index contributed by atoms with van der Waals surface area (Å²) in [4.78, 5) is 28.2. The molecule has 0 aliphatic rings. The lowest BCUT2D eigenvalue weighted by Gasteiger charge is -2.06. The summed E-state index contributed by atoms with van der Waals surface area (Å²) in [6, 6.07) is 14.3. The summed E-state index contributed by atoms with van der Waals surface area (Å²) in [5.41, 5.74) is 2.30. The number of carbonyl (C=O) groups is 1. The first-order valence-corrected chi connectivity index (χ1v) is 8.28. The van der Waals surface area contributed by atoms with Gasteiger partial charge in [0.2, 0.25) is 0 Å². The number of aliphatic carboxylic acids is 1. The SMILES string of the molecule is O=C([O-])COc1ccc(/C=c2\sc3nc4ccccc4n3c2=O)cc1. The van der Waals surface area contributed by atoms with Gasteiger partial charge in [0.1, 0.15) is 12.4 Å². The molecule has 0 radical (unpaired) electrons. The van der Waals surface area contributed by atoms with Crippen LogP contribution in [-0.4, -0.2) is 22.0 Å². The number of ether oxygens (including phenoxy) is 1. The van der Waals surface area contributed by atoms with Crippen LogP contribution >= 0.6 is 11.3 Å². The van der Waals surface area contributed by atoms with E-state index in [2.05, 4.69) is 4.98 Å². The summed E-state index contributed by atoms with van der Waals surface area (Å²) in [6.45, 7) is -0.497. The van der Waals surface area contributed by atoms with Gasteiger partial charge in [0, 0.05) is 0 Å². The Hall–Kier alpha value is -3.19. The maximum atomic E-state index is 12.7. The minimum Gasteiger partial charge on any atom is -0.546 e. The Kier molecular flexibility index (Phi) is 3.70. The van der Waals surface area contributed by atoms with Gasteiger partial charge in [-0.2, -0.15) is 0 Å². The number of carbonyl (C=O) groups excluding carboxylic acids is 1. The van der Waals surface area contributed by atoms with Gasteiger partial charge in [-0.15, -0.1) is 0 Å². The fourth-order valence-electron chi connectivity index (χ4n) is 2.57. The summed E-state index contributed by atoms with van der Waals surface area (Å²) in [6.07, 6.45) is 1.78. The quantitative estimate of drug-likeness (QED) is 0.537. The number of carboxylic acid groups (broad SMARTS) is 1. The fraction of sp³-hybridized carbons (Fsp3) is 0.0556. The van der Waals surface area contributed by atoms with Crippen LogP contribution in [0.4, 0.5) is 0 Å². The third-order valence-electron chi connectivity index (χ3n) is 3.68. The van der Waals surface area contributed by atoms with Crippen molar-refractivity contribution < 1.29 is 14.6 Å². The van der Waals surface area contributed by atoms with E-state index in [1.54, 1.807) is 34.7 Å². The number of rotatable bonds is 4. The number of aromatic nitrogens is 2. The predicted octanol–water partition coefficient (Wildman–Crippen LogP) is 0.586. The fourth-order valence-corrected chi connectivity index (χ4v) is 3.55. The molecule has 2 heterocycles. The second-order valence-electron chi connectivity index (χ2n) is 5.36. The molecular weight excluding hydrogens is 340 g/mol. The van der Waals surface area contributed by atoms with Crippen LogP contribution in [0.2, 0.25) is 0 Å². The molecule has 0 bridgehead atoms. The van der Waals surface area contributed by atoms with Crippen molar-refractivity contribution in [3.8, 4) is 5.75 Å². The average molecular weight is 351 g/mol. The van der Waals surface area contributed by atoms with Gasteiger partial charge < -0.3 is 14.6 Å². The van der Waals surface area contributed by atoms with Crippen LogP contribution in [0.15, 0.2) is 53.3 Å². The number of hydrogen-bond acceptors (Lipinski definition) is 6. The molecule has 0 saturated carbocycles. The zero-order chi connectivity index (χ0) is 17.4. The van der Waals surface area contributed by atoms with Gasteiger partial charge in [0.15, 0.2) is 4.96 Å². The lowest BCUT2D eigenvalue weighted by molar-refractivity contribution is -0.307. The molecule has 124 valence electrons. The molecular formula is C18H11N2O4S-. The first-order valence-electron chi connectivity index (χ1n) is 7.46. The normalized spacial score (nSPS) is 12.1. The molecule has 0 atom stereocenters. The number of para-hydroxylation sites is 2. The molecule has 0 aliphatic carbocycles. The van der Waals surface area contributed by atoms with Crippen molar-refractivity contribution in [3.05, 3.63) is 69.0 Å². The molecule has 0 N–H and O–H groups in total. The van der Waals surface area contributed by atoms with E-state index in [1.165, 1.54) is 11.3 Å². The first-order chi connectivity index (χ1) is 12.1. The molecule has 2 aromatic heterocycles. The summed E-state index contributed by atoms with van der Waals surface area (Å²) in [5, 5.41) is 10.4. The summed E-state index contributed by atoms with van der Waals surface area (Å²) in [5.74, 6) is -0.850. The van der Waals surface area contributed by atoms with Crippen LogP contribution in [0.25, 0.3) is 22.1 Å². The van der Waals surface area contributed by atoms with Gasteiger partial charge >= 0.3 is 0 Å². The summed E-state index contributed by atoms with van der Waals surface area (Å²) >= 11 is 1.33. The monoisotopic (exact) mass is 351 g/mol. The molecule has 0 amide bonds. The Morgan fingerprint density at radius 3 is 2.72 bits per heavy atom. The van der Waals surface area contributed by atoms with Crippen LogP contribution in [0, 0.1) is 0 Å². The highest BCUT2D eigenvalue weighted by Crippen LogP contribution is 2.16. The molecule has 2 aromatic carbocycles. The molecule has 6 nitrogen and oxygen atoms in total. The van der Waals surface area contributed by atoms with Crippen LogP contribution in [0.1, 0.15) is 5.56 Å². The predicted molar refractivity (Wildman–Crippen MR) is 92.6 cm³/mol. The molecule has 0 saturated heterocycles. The van der Waals surface area contributed by atoms with E-state index in [0.717, 1.165) is 16.6 Å². The molecule has 25 heavy (non-hydrogen) atoms. The van der Waals surface area contributed by atoms with Crippen molar-refractivity contribution in [2.24, 2.45) is 0 Å². The Bertz CT molecular complexity index is 1190. The maximum Gasteiger partial charge on any atom is 0.274 e. The Morgan fingerprint density at radius 1 is 1.20 bits per heavy atom. The van der Waals surface area contributed by atoms with Crippen molar-refractivity contribution in [3.63, 3.8) is 0 Å². The lowest BCUT2D eigenvalue weighted by atomic mass is 10.2. The summed E-state index contributed by atoms with van der Waals surface area (Å²) < 4.78 is 7.23. The average Bonchev–Trinajstić information content (AvgIpc) is 3.11.